The Morgan fingerprint density at radius 1 is 0.792 bits per heavy atom. The van der Waals surface area contributed by atoms with E-state index >= 15 is 0 Å². The largest absolute Gasteiger partial charge is 0.756 e. The van der Waals surface area contributed by atoms with Crippen molar-refractivity contribution in [2.45, 2.75) is 51.4 Å². The standard InChI is InChI=1S/C7H18NO3P.C6H16NO4P/c1-12(9,10)11-7-5-3-2-4-6-8;7-5-3-1-2-4-6-11-12(8,9)10/h2-8H2,1H3,(H,9,10);1-7H2,(H2,8,9,10)/p-1. The average molecular weight is 391 g/mol. The SMILES string of the molecule is CP(=O)(O)OCCCCCCN.NCCCCCCOP(=O)([O-])O. The lowest BCUT2D eigenvalue weighted by Gasteiger charge is -2.14. The van der Waals surface area contributed by atoms with Gasteiger partial charge in [-0.2, -0.15) is 0 Å². The van der Waals surface area contributed by atoms with E-state index in [4.69, 9.17) is 21.3 Å². The Morgan fingerprint density at radius 2 is 1.17 bits per heavy atom. The van der Waals surface area contributed by atoms with Crippen LogP contribution in [0, 0.1) is 0 Å². The van der Waals surface area contributed by atoms with Gasteiger partial charge < -0.3 is 35.2 Å². The first-order valence-corrected chi connectivity index (χ1v) is 11.7. The summed E-state index contributed by atoms with van der Waals surface area (Å²) in [5.41, 5.74) is 10.5. The summed E-state index contributed by atoms with van der Waals surface area (Å²) in [5.74, 6) is 0. The highest BCUT2D eigenvalue weighted by Crippen LogP contribution is 2.36. The molecule has 0 radical (unpaired) electrons. The van der Waals surface area contributed by atoms with Crippen molar-refractivity contribution >= 4 is 15.4 Å². The van der Waals surface area contributed by atoms with E-state index in [9.17, 15) is 14.0 Å². The van der Waals surface area contributed by atoms with E-state index in [2.05, 4.69) is 9.05 Å². The van der Waals surface area contributed by atoms with Crippen LogP contribution in [0.4, 0.5) is 0 Å². The topological polar surface area (TPSA) is 168 Å². The van der Waals surface area contributed by atoms with Crippen LogP contribution in [0.15, 0.2) is 0 Å². The molecule has 11 heteroatoms. The van der Waals surface area contributed by atoms with E-state index in [1.165, 1.54) is 6.66 Å². The molecule has 0 saturated heterocycles. The lowest BCUT2D eigenvalue weighted by molar-refractivity contribution is -0.219. The molecule has 0 aromatic carbocycles. The highest BCUT2D eigenvalue weighted by atomic mass is 31.2. The van der Waals surface area contributed by atoms with Gasteiger partial charge in [-0.05, 0) is 38.8 Å². The minimum atomic E-state index is -4.50. The molecule has 148 valence electrons. The van der Waals surface area contributed by atoms with E-state index < -0.39 is 15.4 Å². The van der Waals surface area contributed by atoms with Gasteiger partial charge >= 0.3 is 7.60 Å². The summed E-state index contributed by atoms with van der Waals surface area (Å²) >= 11 is 0. The molecule has 24 heavy (non-hydrogen) atoms. The van der Waals surface area contributed by atoms with Crippen molar-refractivity contribution in [1.82, 2.24) is 0 Å². The molecule has 0 aliphatic heterocycles. The van der Waals surface area contributed by atoms with Gasteiger partial charge in [-0.3, -0.25) is 9.13 Å². The number of phosphoric ester groups is 1. The molecule has 0 saturated carbocycles. The number of unbranched alkanes of at least 4 members (excludes halogenated alkanes) is 6. The summed E-state index contributed by atoms with van der Waals surface area (Å²) in [6.07, 6.45) is 7.34. The smallest absolute Gasteiger partial charge is 0.325 e. The maximum atomic E-state index is 10.6. The summed E-state index contributed by atoms with van der Waals surface area (Å²) in [6.45, 7) is 3.00. The van der Waals surface area contributed by atoms with Gasteiger partial charge in [0.15, 0.2) is 0 Å². The Bertz CT molecular complexity index is 326. The van der Waals surface area contributed by atoms with Gasteiger partial charge in [0.25, 0.3) is 7.82 Å². The summed E-state index contributed by atoms with van der Waals surface area (Å²) in [7, 11) is -7.74. The molecule has 0 bridgehead atoms. The molecule has 0 aliphatic carbocycles. The van der Waals surface area contributed by atoms with Crippen molar-refractivity contribution < 1.29 is 32.9 Å². The molecular formula is C13H33N2O7P2-. The van der Waals surface area contributed by atoms with E-state index in [1.807, 2.05) is 0 Å². The van der Waals surface area contributed by atoms with Gasteiger partial charge in [-0.1, -0.05) is 25.7 Å². The minimum absolute atomic E-state index is 0.0574. The van der Waals surface area contributed by atoms with Crippen LogP contribution in [0.5, 0.6) is 0 Å². The van der Waals surface area contributed by atoms with Crippen LogP contribution in [0.2, 0.25) is 0 Å². The van der Waals surface area contributed by atoms with E-state index in [1.54, 1.807) is 0 Å². The van der Waals surface area contributed by atoms with Crippen molar-refractivity contribution in [1.29, 1.82) is 0 Å². The summed E-state index contributed by atoms with van der Waals surface area (Å²) in [5, 5.41) is 0. The van der Waals surface area contributed by atoms with E-state index in [0.717, 1.165) is 44.9 Å². The highest BCUT2D eigenvalue weighted by molar-refractivity contribution is 7.51. The third-order valence-corrected chi connectivity index (χ3v) is 3.95. The average Bonchev–Trinajstić information content (AvgIpc) is 2.45. The zero-order valence-electron chi connectivity index (χ0n) is 14.5. The third-order valence-electron chi connectivity index (χ3n) is 2.78. The van der Waals surface area contributed by atoms with E-state index in [-0.39, 0.29) is 6.61 Å². The first-order chi connectivity index (χ1) is 11.1. The van der Waals surface area contributed by atoms with Crippen molar-refractivity contribution in [2.24, 2.45) is 11.5 Å². The fourth-order valence-electron chi connectivity index (χ4n) is 1.61. The molecule has 0 aromatic rings. The summed E-state index contributed by atoms with van der Waals surface area (Å²) in [6, 6.07) is 0. The summed E-state index contributed by atoms with van der Waals surface area (Å²) < 4.78 is 29.5. The number of hydrogen-bond acceptors (Lipinski definition) is 7. The van der Waals surface area contributed by atoms with Gasteiger partial charge in [0, 0.05) is 6.66 Å². The first kappa shape index (κ1) is 26.4. The second-order valence-corrected chi connectivity index (χ2v) is 8.40. The molecule has 0 fully saturated rings. The molecule has 0 aliphatic rings. The van der Waals surface area contributed by atoms with Crippen molar-refractivity contribution in [3.05, 3.63) is 0 Å². The van der Waals surface area contributed by atoms with Gasteiger partial charge in [0.1, 0.15) is 0 Å². The Balaban J connectivity index is 0. The number of phosphoric acid groups is 1. The zero-order chi connectivity index (χ0) is 18.9. The third kappa shape index (κ3) is 30.1. The van der Waals surface area contributed by atoms with Crippen LogP contribution in [-0.4, -0.2) is 42.8 Å². The number of rotatable bonds is 14. The Labute approximate surface area is 144 Å². The monoisotopic (exact) mass is 391 g/mol. The van der Waals surface area contributed by atoms with Crippen LogP contribution < -0.4 is 16.4 Å². The first-order valence-electron chi connectivity index (χ1n) is 8.15. The molecule has 0 spiro atoms. The molecule has 6 N–H and O–H groups in total. The van der Waals surface area contributed by atoms with Gasteiger partial charge in [-0.15, -0.1) is 0 Å². The zero-order valence-corrected chi connectivity index (χ0v) is 16.3. The Kier molecular flexibility index (Phi) is 18.3. The molecule has 2 unspecified atom stereocenters. The number of nitrogens with two attached hydrogens (primary N) is 2. The van der Waals surface area contributed by atoms with Crippen molar-refractivity contribution in [3.63, 3.8) is 0 Å². The second-order valence-electron chi connectivity index (χ2n) is 5.34. The van der Waals surface area contributed by atoms with E-state index in [0.29, 0.717) is 26.1 Å². The fraction of sp³-hybridized carbons (Fsp3) is 1.00. The van der Waals surface area contributed by atoms with Crippen LogP contribution in [0.25, 0.3) is 0 Å². The van der Waals surface area contributed by atoms with Gasteiger partial charge in [-0.25, -0.2) is 0 Å². The van der Waals surface area contributed by atoms with Crippen LogP contribution >= 0.6 is 15.4 Å². The lowest BCUT2D eigenvalue weighted by atomic mass is 10.2. The Morgan fingerprint density at radius 3 is 1.50 bits per heavy atom. The molecule has 2 atom stereocenters. The predicted molar refractivity (Wildman–Crippen MR) is 92.5 cm³/mol. The second kappa shape index (κ2) is 16.6. The maximum Gasteiger partial charge on any atom is 0.325 e. The maximum absolute atomic E-state index is 10.6. The molecular weight excluding hydrogens is 358 g/mol. The van der Waals surface area contributed by atoms with Crippen LogP contribution in [0.1, 0.15) is 51.4 Å². The van der Waals surface area contributed by atoms with Crippen molar-refractivity contribution in [3.8, 4) is 0 Å². The van der Waals surface area contributed by atoms with Gasteiger partial charge in [0.05, 0.1) is 13.2 Å². The van der Waals surface area contributed by atoms with Crippen molar-refractivity contribution in [2.75, 3.05) is 33.0 Å². The molecule has 0 heterocycles. The molecule has 0 aromatic heterocycles. The van der Waals surface area contributed by atoms with Gasteiger partial charge in [0.2, 0.25) is 0 Å². The lowest BCUT2D eigenvalue weighted by Crippen LogP contribution is -2.04. The molecule has 0 rings (SSSR count). The van der Waals surface area contributed by atoms with Crippen LogP contribution in [0.3, 0.4) is 0 Å². The molecule has 9 nitrogen and oxygen atoms in total. The highest BCUT2D eigenvalue weighted by Gasteiger charge is 2.08. The quantitative estimate of drug-likeness (QED) is 0.252. The fourth-order valence-corrected chi connectivity index (χ4v) is 2.44. The number of hydrogen-bond donors (Lipinski definition) is 4. The van der Waals surface area contributed by atoms with Crippen LogP contribution in [-0.2, 0) is 18.2 Å². The normalized spacial score (nSPS) is 15.9. The minimum Gasteiger partial charge on any atom is -0.756 e. The predicted octanol–water partition coefficient (Wildman–Crippen LogP) is 1.32. The summed E-state index contributed by atoms with van der Waals surface area (Å²) in [4.78, 5) is 27.0. The molecule has 0 amide bonds. The Hall–Kier alpha value is 0.180.